The van der Waals surface area contributed by atoms with Crippen molar-refractivity contribution in [1.82, 2.24) is 0 Å². The highest BCUT2D eigenvalue weighted by molar-refractivity contribution is 6.50. The molecule has 0 rings (SSSR count). The van der Waals surface area contributed by atoms with Crippen LogP contribution in [-0.2, 0) is 4.74 Å². The third kappa shape index (κ3) is 10.6. The van der Waals surface area contributed by atoms with Crippen molar-refractivity contribution in [3.05, 3.63) is 0 Å². The molecule has 13 heteroatoms. The Morgan fingerprint density at radius 3 is 1.14 bits per heavy atom. The number of rotatable bonds is 12. The maximum atomic E-state index is 12.8. The van der Waals surface area contributed by atoms with Gasteiger partial charge in [-0.3, -0.25) is 0 Å². The summed E-state index contributed by atoms with van der Waals surface area (Å²) in [7, 11) is 0. The summed E-state index contributed by atoms with van der Waals surface area (Å²) < 4.78 is 78.4. The zero-order chi connectivity index (χ0) is 23.3. The van der Waals surface area contributed by atoms with E-state index in [1.165, 1.54) is 0 Å². The van der Waals surface area contributed by atoms with Gasteiger partial charge in [-0.1, -0.05) is 73.1 Å². The van der Waals surface area contributed by atoms with E-state index in [2.05, 4.69) is 0 Å². The Labute approximate surface area is 196 Å². The molecule has 0 saturated carbocycles. The highest BCUT2D eigenvalue weighted by Crippen LogP contribution is 2.45. The molecule has 0 radical (unpaired) electrons. The summed E-state index contributed by atoms with van der Waals surface area (Å²) in [6, 6.07) is 0. The molecular formula is C16H22Cl6F6O. The maximum absolute atomic E-state index is 12.8. The summed E-state index contributed by atoms with van der Waals surface area (Å²) in [5, 5.41) is -4.70. The van der Waals surface area contributed by atoms with Crippen molar-refractivity contribution < 1.29 is 31.1 Å². The Kier molecular flexibility index (Phi) is 12.5. The Bertz CT molecular complexity index is 444. The smallest absolute Gasteiger partial charge is 0.369 e. The largest absolute Gasteiger partial charge is 0.405 e. The number of ether oxygens (including phenoxy) is 1. The Morgan fingerprint density at radius 1 is 0.655 bits per heavy atom. The molecule has 0 aromatic heterocycles. The van der Waals surface area contributed by atoms with Gasteiger partial charge in [0.25, 0.3) is 0 Å². The first kappa shape index (κ1) is 30.3. The second-order valence-electron chi connectivity index (χ2n) is 6.64. The highest BCUT2D eigenvalue weighted by Gasteiger charge is 2.50. The van der Waals surface area contributed by atoms with Gasteiger partial charge in [-0.15, -0.1) is 23.2 Å². The molecule has 0 aliphatic rings. The number of hydrogen-bond donors (Lipinski definition) is 0. The quantitative estimate of drug-likeness (QED) is 0.172. The summed E-state index contributed by atoms with van der Waals surface area (Å²) in [5.41, 5.74) is 0. The summed E-state index contributed by atoms with van der Waals surface area (Å²) in [5.74, 6) is 0. The molecule has 0 fully saturated rings. The molecule has 0 aromatic carbocycles. The van der Waals surface area contributed by atoms with Gasteiger partial charge in [0.1, 0.15) is 19.4 Å². The summed E-state index contributed by atoms with van der Waals surface area (Å²) in [4.78, 5) is 0. The molecule has 29 heavy (non-hydrogen) atoms. The van der Waals surface area contributed by atoms with Gasteiger partial charge in [-0.05, 0) is 12.8 Å². The molecule has 4 unspecified atom stereocenters. The second kappa shape index (κ2) is 11.9. The minimum Gasteiger partial charge on any atom is -0.369 e. The predicted molar refractivity (Wildman–Crippen MR) is 108 cm³/mol. The zero-order valence-corrected chi connectivity index (χ0v) is 20.0. The van der Waals surface area contributed by atoms with Crippen LogP contribution in [0, 0.1) is 0 Å². The molecule has 0 aliphatic carbocycles. The van der Waals surface area contributed by atoms with E-state index in [1.807, 2.05) is 0 Å². The van der Waals surface area contributed by atoms with Gasteiger partial charge in [0, 0.05) is 12.8 Å². The Balaban J connectivity index is 5.58. The van der Waals surface area contributed by atoms with Crippen molar-refractivity contribution in [3.63, 3.8) is 0 Å². The van der Waals surface area contributed by atoms with Gasteiger partial charge >= 0.3 is 12.4 Å². The van der Waals surface area contributed by atoms with Gasteiger partial charge < -0.3 is 4.74 Å². The molecule has 0 aliphatic heterocycles. The molecule has 0 amide bonds. The number of hydrogen-bond acceptors (Lipinski definition) is 1. The minimum atomic E-state index is -4.75. The molecule has 0 heterocycles. The van der Waals surface area contributed by atoms with E-state index < -0.39 is 56.8 Å². The van der Waals surface area contributed by atoms with E-state index in [1.54, 1.807) is 13.8 Å². The van der Waals surface area contributed by atoms with Crippen LogP contribution in [0.1, 0.15) is 52.4 Å². The lowest BCUT2D eigenvalue weighted by atomic mass is 10.0. The monoisotopic (exact) mass is 554 g/mol. The molecule has 0 saturated heterocycles. The van der Waals surface area contributed by atoms with Crippen molar-refractivity contribution in [3.8, 4) is 0 Å². The van der Waals surface area contributed by atoms with Gasteiger partial charge in [-0.2, -0.15) is 26.3 Å². The van der Waals surface area contributed by atoms with Crippen molar-refractivity contribution in [2.24, 2.45) is 0 Å². The van der Waals surface area contributed by atoms with E-state index in [9.17, 15) is 26.3 Å². The lowest BCUT2D eigenvalue weighted by Gasteiger charge is -2.39. The van der Waals surface area contributed by atoms with E-state index in [0.29, 0.717) is 12.8 Å². The van der Waals surface area contributed by atoms with Crippen LogP contribution in [-0.4, -0.2) is 44.0 Å². The summed E-state index contributed by atoms with van der Waals surface area (Å²) in [6.45, 7) is 3.40. The Morgan fingerprint density at radius 2 is 0.931 bits per heavy atom. The van der Waals surface area contributed by atoms with Crippen LogP contribution in [0.5, 0.6) is 0 Å². The predicted octanol–water partition coefficient (Wildman–Crippen LogP) is 8.81. The van der Waals surface area contributed by atoms with Crippen LogP contribution < -0.4 is 0 Å². The fraction of sp³-hybridized carbons (Fsp3) is 1.00. The van der Waals surface area contributed by atoms with Crippen LogP contribution in [0.15, 0.2) is 0 Å². The molecule has 0 aromatic rings. The van der Waals surface area contributed by atoms with Gasteiger partial charge in [0.15, 0.2) is 0 Å². The summed E-state index contributed by atoms with van der Waals surface area (Å²) >= 11 is 35.2. The molecule has 0 N–H and O–H groups in total. The highest BCUT2D eigenvalue weighted by atomic mass is 35.5. The first-order valence-electron chi connectivity index (χ1n) is 8.71. The van der Waals surface area contributed by atoms with Crippen LogP contribution in [0.2, 0.25) is 0 Å². The zero-order valence-electron chi connectivity index (χ0n) is 15.5. The molecule has 0 bridgehead atoms. The Hall–Kier alpha value is 1.28. The van der Waals surface area contributed by atoms with E-state index >= 15 is 0 Å². The SMILES string of the molecule is CCCC(OC(CCC)C(Cl)(Cl)CC(Cl)C(F)(F)F)C(Cl)(Cl)CC(Cl)C(F)(F)F. The fourth-order valence-corrected chi connectivity index (χ4v) is 4.51. The molecule has 176 valence electrons. The second-order valence-corrected chi connectivity index (χ2v) is 10.8. The topological polar surface area (TPSA) is 9.23 Å². The third-order valence-electron chi connectivity index (χ3n) is 3.99. The van der Waals surface area contributed by atoms with E-state index in [0.717, 1.165) is 0 Å². The van der Waals surface area contributed by atoms with Crippen molar-refractivity contribution >= 4 is 69.6 Å². The van der Waals surface area contributed by atoms with Crippen LogP contribution in [0.3, 0.4) is 0 Å². The normalized spacial score (nSPS) is 18.4. The fourth-order valence-electron chi connectivity index (χ4n) is 2.45. The number of halogens is 12. The van der Waals surface area contributed by atoms with E-state index in [4.69, 9.17) is 74.3 Å². The van der Waals surface area contributed by atoms with Gasteiger partial charge in [0.05, 0.1) is 12.2 Å². The lowest BCUT2D eigenvalue weighted by molar-refractivity contribution is -0.136. The third-order valence-corrected chi connectivity index (χ3v) is 6.38. The lowest BCUT2D eigenvalue weighted by Crippen LogP contribution is -2.46. The number of alkyl halides is 12. The standard InChI is InChI=1S/C16H22Cl6F6O/c1-3-5-11(13(19,20)7-9(17)15(23,24)25)29-12(6-4-2)14(21,22)8-10(18)16(26,27)28/h9-12H,3-8H2,1-2H3. The van der Waals surface area contributed by atoms with Crippen molar-refractivity contribution in [1.29, 1.82) is 0 Å². The summed E-state index contributed by atoms with van der Waals surface area (Å²) in [6.07, 6.45) is -12.7. The first-order chi connectivity index (χ1) is 12.9. The molecule has 4 atom stereocenters. The molecule has 1 nitrogen and oxygen atoms in total. The maximum Gasteiger partial charge on any atom is 0.405 e. The van der Waals surface area contributed by atoms with Crippen LogP contribution in [0.4, 0.5) is 26.3 Å². The average molecular weight is 557 g/mol. The minimum absolute atomic E-state index is 0.0993. The van der Waals surface area contributed by atoms with Crippen LogP contribution in [0.25, 0.3) is 0 Å². The first-order valence-corrected chi connectivity index (χ1v) is 11.1. The van der Waals surface area contributed by atoms with Gasteiger partial charge in [-0.25, -0.2) is 0 Å². The van der Waals surface area contributed by atoms with Crippen molar-refractivity contribution in [2.75, 3.05) is 0 Å². The molecular weight excluding hydrogens is 535 g/mol. The molecule has 0 spiro atoms. The van der Waals surface area contributed by atoms with Gasteiger partial charge in [0.2, 0.25) is 0 Å². The average Bonchev–Trinajstić information content (AvgIpc) is 2.50. The van der Waals surface area contributed by atoms with E-state index in [-0.39, 0.29) is 12.8 Å². The van der Waals surface area contributed by atoms with Crippen LogP contribution >= 0.6 is 69.6 Å². The van der Waals surface area contributed by atoms with Crippen molar-refractivity contribution in [2.45, 2.75) is 96.4 Å².